The largest absolute Gasteiger partial charge is 0.478 e. The van der Waals surface area contributed by atoms with E-state index in [9.17, 15) is 47.9 Å². The smallest absolute Gasteiger partial charge is 0.387 e. The lowest BCUT2D eigenvalue weighted by molar-refractivity contribution is -0.162. The van der Waals surface area contributed by atoms with Crippen molar-refractivity contribution in [1.29, 1.82) is 0 Å². The molecular formula is C28H24O14. The van der Waals surface area contributed by atoms with Crippen LogP contribution in [0.4, 0.5) is 0 Å². The number of benzene rings is 2. The zero-order valence-electron chi connectivity index (χ0n) is 22.1. The van der Waals surface area contributed by atoms with Crippen molar-refractivity contribution in [3.63, 3.8) is 0 Å². The van der Waals surface area contributed by atoms with Crippen molar-refractivity contribution in [2.45, 2.75) is 13.8 Å². The summed E-state index contributed by atoms with van der Waals surface area (Å²) in [7, 11) is 0. The highest BCUT2D eigenvalue weighted by molar-refractivity contribution is 6.48. The fourth-order valence-electron chi connectivity index (χ4n) is 1.74. The Morgan fingerprint density at radius 2 is 0.833 bits per heavy atom. The minimum Gasteiger partial charge on any atom is -0.478 e. The van der Waals surface area contributed by atoms with Crippen LogP contribution in [-0.2, 0) is 47.8 Å². The number of aliphatic carboxylic acids is 2. The molecule has 14 heteroatoms. The predicted molar refractivity (Wildman–Crippen MR) is 141 cm³/mol. The van der Waals surface area contributed by atoms with Crippen LogP contribution in [0.15, 0.2) is 85.0 Å². The average molecular weight is 584 g/mol. The maximum Gasteiger partial charge on any atom is 0.387 e. The molecule has 2 rings (SSSR count). The quantitative estimate of drug-likeness (QED) is 0.112. The van der Waals surface area contributed by atoms with Crippen LogP contribution in [0.2, 0.25) is 0 Å². The molecular weight excluding hydrogens is 560 g/mol. The van der Waals surface area contributed by atoms with Crippen LogP contribution in [0.25, 0.3) is 0 Å². The van der Waals surface area contributed by atoms with Crippen LogP contribution >= 0.6 is 0 Å². The third-order valence-electron chi connectivity index (χ3n) is 3.75. The number of carboxylic acids is 2. The molecule has 0 saturated carbocycles. The molecule has 220 valence electrons. The van der Waals surface area contributed by atoms with E-state index >= 15 is 0 Å². The molecule has 0 amide bonds. The van der Waals surface area contributed by atoms with Gasteiger partial charge in [-0.15, -0.1) is 0 Å². The van der Waals surface area contributed by atoms with Crippen molar-refractivity contribution in [1.82, 2.24) is 0 Å². The van der Waals surface area contributed by atoms with Gasteiger partial charge in [0.2, 0.25) is 12.6 Å². The van der Waals surface area contributed by atoms with Crippen LogP contribution in [0.1, 0.15) is 34.6 Å². The van der Waals surface area contributed by atoms with Gasteiger partial charge in [-0.25, -0.2) is 28.8 Å². The predicted octanol–water partition coefficient (Wildman–Crippen LogP) is 1.57. The number of carbonyl (C=O) groups excluding carboxylic acids is 8. The van der Waals surface area contributed by atoms with Crippen LogP contribution in [0.3, 0.4) is 0 Å². The summed E-state index contributed by atoms with van der Waals surface area (Å²) in [5.74, 6) is -9.33. The Morgan fingerprint density at radius 3 is 1.05 bits per heavy atom. The summed E-state index contributed by atoms with van der Waals surface area (Å²) in [6.45, 7) is 9.20. The van der Waals surface area contributed by atoms with Gasteiger partial charge < -0.3 is 19.7 Å². The number of ether oxygens (including phenoxy) is 2. The molecule has 2 N–H and O–H groups in total. The van der Waals surface area contributed by atoms with Crippen molar-refractivity contribution in [3.05, 3.63) is 96.1 Å². The highest BCUT2D eigenvalue weighted by Crippen LogP contribution is 2.05. The van der Waals surface area contributed by atoms with Crippen LogP contribution in [0, 0.1) is 0 Å². The van der Waals surface area contributed by atoms with E-state index in [-0.39, 0.29) is 34.8 Å². The van der Waals surface area contributed by atoms with Gasteiger partial charge in [-0.1, -0.05) is 73.8 Å². The monoisotopic (exact) mass is 584 g/mol. The third-order valence-corrected chi connectivity index (χ3v) is 3.75. The molecule has 0 saturated heterocycles. The summed E-state index contributed by atoms with van der Waals surface area (Å²) in [5, 5.41) is 15.8. The number of aldehydes is 2. The Balaban J connectivity index is 0. The van der Waals surface area contributed by atoms with E-state index in [2.05, 4.69) is 22.6 Å². The van der Waals surface area contributed by atoms with Crippen molar-refractivity contribution < 1.29 is 67.6 Å². The fraction of sp³-hybridized carbons (Fsp3) is 0.0714. The topological polar surface area (TPSA) is 230 Å². The standard InChI is InChI=1S/C16H10O5.C4H2O5.2C4H6O2/c17-13(11-7-3-1-4-8-11)15(19)21-16(20)14(18)12-9-5-2-6-10-12;5-1-3(7)9-4(8)2-6;2*1-3(2)4(5)6/h1-10H;1-2H;2*1H2,2H3,(H,5,6). The van der Waals surface area contributed by atoms with E-state index in [0.717, 1.165) is 0 Å². The minimum atomic E-state index is -1.38. The van der Waals surface area contributed by atoms with E-state index in [1.807, 2.05) is 0 Å². The van der Waals surface area contributed by atoms with Gasteiger partial charge in [-0.2, -0.15) is 0 Å². The first-order chi connectivity index (χ1) is 19.6. The SMILES string of the molecule is C=C(C)C(=O)O.C=C(C)C(=O)O.O=C(OC(=O)C(=O)c1ccccc1)C(=O)c1ccccc1.O=CC(=O)OC(=O)C=O. The molecule has 0 heterocycles. The zero-order chi connectivity index (χ0) is 32.8. The van der Waals surface area contributed by atoms with Gasteiger partial charge in [0, 0.05) is 22.3 Å². The highest BCUT2D eigenvalue weighted by atomic mass is 16.6. The number of esters is 4. The fourth-order valence-corrected chi connectivity index (χ4v) is 1.74. The molecule has 2 aromatic rings. The maximum absolute atomic E-state index is 11.7. The summed E-state index contributed by atoms with van der Waals surface area (Å²) >= 11 is 0. The molecule has 14 nitrogen and oxygen atoms in total. The van der Waals surface area contributed by atoms with Crippen LogP contribution in [-0.4, -0.2) is 70.2 Å². The Kier molecular flexibility index (Phi) is 18.8. The molecule has 2 aromatic carbocycles. The first-order valence-electron chi connectivity index (χ1n) is 11.0. The Bertz CT molecular complexity index is 1230. The molecule has 0 radical (unpaired) electrons. The molecule has 0 unspecified atom stereocenters. The van der Waals surface area contributed by atoms with Gasteiger partial charge in [0.05, 0.1) is 0 Å². The van der Waals surface area contributed by atoms with Crippen molar-refractivity contribution >= 4 is 60.0 Å². The van der Waals surface area contributed by atoms with Gasteiger partial charge in [0.25, 0.3) is 11.6 Å². The average Bonchev–Trinajstić information content (AvgIpc) is 2.97. The van der Waals surface area contributed by atoms with E-state index in [1.54, 1.807) is 36.4 Å². The van der Waals surface area contributed by atoms with Crippen molar-refractivity contribution in [3.8, 4) is 0 Å². The van der Waals surface area contributed by atoms with Gasteiger partial charge in [0.1, 0.15) is 0 Å². The second-order valence-corrected chi connectivity index (χ2v) is 7.21. The molecule has 42 heavy (non-hydrogen) atoms. The van der Waals surface area contributed by atoms with Gasteiger partial charge in [-0.05, 0) is 13.8 Å². The van der Waals surface area contributed by atoms with Crippen molar-refractivity contribution in [2.75, 3.05) is 0 Å². The number of rotatable bonds is 8. The lowest BCUT2D eigenvalue weighted by Crippen LogP contribution is -2.26. The molecule has 0 fully saturated rings. The van der Waals surface area contributed by atoms with E-state index in [0.29, 0.717) is 0 Å². The summed E-state index contributed by atoms with van der Waals surface area (Å²) in [5.41, 5.74) is 0.523. The van der Waals surface area contributed by atoms with Gasteiger partial charge in [0.15, 0.2) is 0 Å². The van der Waals surface area contributed by atoms with Crippen LogP contribution in [0.5, 0.6) is 0 Å². The second kappa shape index (κ2) is 20.7. The van der Waals surface area contributed by atoms with Crippen molar-refractivity contribution in [2.24, 2.45) is 0 Å². The molecule has 0 atom stereocenters. The van der Waals surface area contributed by atoms with Gasteiger partial charge in [-0.3, -0.25) is 19.2 Å². The first kappa shape index (κ1) is 38.0. The Hall–Kier alpha value is -6.18. The molecule has 0 aliphatic heterocycles. The lowest BCUT2D eigenvalue weighted by atomic mass is 10.1. The van der Waals surface area contributed by atoms with Crippen LogP contribution < -0.4 is 0 Å². The maximum atomic E-state index is 11.7. The Labute approximate surface area is 237 Å². The third kappa shape index (κ3) is 17.4. The Morgan fingerprint density at radius 1 is 0.571 bits per heavy atom. The molecule has 0 bridgehead atoms. The summed E-state index contributed by atoms with van der Waals surface area (Å²) in [6.07, 6.45) is -0.414. The van der Waals surface area contributed by atoms with E-state index in [1.165, 1.54) is 38.1 Å². The highest BCUT2D eigenvalue weighted by Gasteiger charge is 2.26. The second-order valence-electron chi connectivity index (χ2n) is 7.21. The number of hydrogen-bond donors (Lipinski definition) is 2. The molecule has 0 aliphatic rings. The number of ketones is 2. The van der Waals surface area contributed by atoms with E-state index in [4.69, 9.17) is 10.2 Å². The summed E-state index contributed by atoms with van der Waals surface area (Å²) < 4.78 is 7.84. The normalized spacial score (nSPS) is 8.62. The summed E-state index contributed by atoms with van der Waals surface area (Å²) in [4.78, 5) is 104. The number of carbonyl (C=O) groups is 10. The lowest BCUT2D eigenvalue weighted by Gasteiger charge is -2.02. The molecule has 0 aliphatic carbocycles. The number of Topliss-reactive ketones (excluding diaryl/α,β-unsaturated/α-hetero) is 2. The number of hydrogen-bond acceptors (Lipinski definition) is 12. The zero-order valence-corrected chi connectivity index (χ0v) is 22.1. The van der Waals surface area contributed by atoms with Gasteiger partial charge >= 0.3 is 35.8 Å². The molecule has 0 aromatic heterocycles. The minimum absolute atomic E-state index is 0.0856. The first-order valence-corrected chi connectivity index (χ1v) is 11.0. The number of carboxylic acid groups (broad SMARTS) is 2. The molecule has 0 spiro atoms. The van der Waals surface area contributed by atoms with E-state index < -0.39 is 47.4 Å². The summed E-state index contributed by atoms with van der Waals surface area (Å²) in [6, 6.07) is 15.3.